The molecular formula is C19H22N2O. The van der Waals surface area contributed by atoms with Crippen molar-refractivity contribution in [3.8, 4) is 0 Å². The zero-order chi connectivity index (χ0) is 15.5. The number of rotatable bonds is 2. The molecule has 2 aromatic rings. The van der Waals surface area contributed by atoms with Crippen molar-refractivity contribution in [1.29, 1.82) is 0 Å². The van der Waals surface area contributed by atoms with E-state index in [1.165, 1.54) is 11.1 Å². The summed E-state index contributed by atoms with van der Waals surface area (Å²) < 4.78 is 0. The third kappa shape index (κ3) is 2.64. The first kappa shape index (κ1) is 14.8. The number of benzene rings is 2. The minimum Gasteiger partial charge on any atom is -0.411 e. The Balaban J connectivity index is 2.01. The van der Waals surface area contributed by atoms with Crippen LogP contribution in [-0.2, 0) is 0 Å². The van der Waals surface area contributed by atoms with Gasteiger partial charge >= 0.3 is 0 Å². The second kappa shape index (κ2) is 6.32. The summed E-state index contributed by atoms with van der Waals surface area (Å²) >= 11 is 0. The van der Waals surface area contributed by atoms with Crippen molar-refractivity contribution in [3.63, 3.8) is 0 Å². The van der Waals surface area contributed by atoms with Crippen LogP contribution in [0.2, 0.25) is 0 Å². The van der Waals surface area contributed by atoms with Gasteiger partial charge in [-0.2, -0.15) is 0 Å². The molecule has 0 unspecified atom stereocenters. The quantitative estimate of drug-likeness (QED) is 0.663. The van der Waals surface area contributed by atoms with Crippen LogP contribution in [0.25, 0.3) is 0 Å². The molecule has 1 aliphatic rings. The molecular weight excluding hydrogens is 272 g/mol. The fourth-order valence-corrected chi connectivity index (χ4v) is 3.59. The van der Waals surface area contributed by atoms with Crippen LogP contribution in [0.1, 0.15) is 36.6 Å². The van der Waals surface area contributed by atoms with E-state index in [1.807, 2.05) is 12.1 Å². The van der Waals surface area contributed by atoms with E-state index < -0.39 is 0 Å². The summed E-state index contributed by atoms with van der Waals surface area (Å²) in [7, 11) is 2.17. The maximum absolute atomic E-state index is 9.45. The summed E-state index contributed by atoms with van der Waals surface area (Å²) in [6, 6.07) is 21.4. The van der Waals surface area contributed by atoms with E-state index in [-0.39, 0.29) is 18.0 Å². The van der Waals surface area contributed by atoms with Crippen LogP contribution in [0.3, 0.4) is 0 Å². The van der Waals surface area contributed by atoms with E-state index in [0.29, 0.717) is 0 Å². The molecule has 3 nitrogen and oxygen atoms in total. The predicted octanol–water partition coefficient (Wildman–Crippen LogP) is 4.27. The minimum absolute atomic E-state index is 0.192. The molecule has 1 N–H and O–H groups in total. The molecule has 0 bridgehead atoms. The molecule has 0 aromatic heterocycles. The Bertz CT molecular complexity index is 639. The van der Waals surface area contributed by atoms with E-state index >= 15 is 0 Å². The Morgan fingerprint density at radius 1 is 0.955 bits per heavy atom. The summed E-state index contributed by atoms with van der Waals surface area (Å²) in [6.45, 7) is 2.14. The molecule has 1 aliphatic heterocycles. The highest BCUT2D eigenvalue weighted by molar-refractivity contribution is 5.88. The smallest absolute Gasteiger partial charge is 0.0636 e. The maximum atomic E-state index is 9.45. The molecule has 3 atom stereocenters. The van der Waals surface area contributed by atoms with Crippen molar-refractivity contribution in [2.75, 3.05) is 7.05 Å². The van der Waals surface area contributed by atoms with E-state index in [0.717, 1.165) is 12.1 Å². The first-order chi connectivity index (χ1) is 10.7. The average molecular weight is 294 g/mol. The zero-order valence-electron chi connectivity index (χ0n) is 13.1. The van der Waals surface area contributed by atoms with Gasteiger partial charge < -0.3 is 5.21 Å². The molecule has 3 heteroatoms. The molecule has 0 spiro atoms. The van der Waals surface area contributed by atoms with E-state index in [9.17, 15) is 5.21 Å². The highest BCUT2D eigenvalue weighted by Gasteiger charge is 2.38. The van der Waals surface area contributed by atoms with Crippen molar-refractivity contribution in [3.05, 3.63) is 71.8 Å². The van der Waals surface area contributed by atoms with Crippen molar-refractivity contribution < 1.29 is 5.21 Å². The first-order valence-electron chi connectivity index (χ1n) is 7.75. The SMILES string of the molecule is C[C@@H]1/C(=N/O)C[C@H](c2ccccc2)N(C)[C@@H]1c1ccccc1. The van der Waals surface area contributed by atoms with Crippen LogP contribution in [0, 0.1) is 5.92 Å². The van der Waals surface area contributed by atoms with Gasteiger partial charge in [0.15, 0.2) is 0 Å². The number of nitrogens with zero attached hydrogens (tertiary/aromatic N) is 2. The van der Waals surface area contributed by atoms with Gasteiger partial charge in [-0.25, -0.2) is 0 Å². The largest absolute Gasteiger partial charge is 0.411 e. The molecule has 0 saturated carbocycles. The summed E-state index contributed by atoms with van der Waals surface area (Å²) in [5, 5.41) is 13.1. The molecule has 0 aliphatic carbocycles. The van der Waals surface area contributed by atoms with Crippen LogP contribution >= 0.6 is 0 Å². The Hall–Kier alpha value is -2.13. The van der Waals surface area contributed by atoms with Gasteiger partial charge in [0.2, 0.25) is 0 Å². The molecule has 0 amide bonds. The Labute approximate surface area is 131 Å². The molecule has 1 fully saturated rings. The van der Waals surface area contributed by atoms with Gasteiger partial charge in [-0.05, 0) is 18.2 Å². The summed E-state index contributed by atoms with van der Waals surface area (Å²) in [5.74, 6) is 0.192. The molecule has 1 saturated heterocycles. The Kier molecular flexibility index (Phi) is 4.25. The number of hydrogen-bond donors (Lipinski definition) is 1. The highest BCUT2D eigenvalue weighted by Crippen LogP contribution is 2.42. The van der Waals surface area contributed by atoms with E-state index in [4.69, 9.17) is 0 Å². The van der Waals surface area contributed by atoms with Crippen molar-refractivity contribution in [2.45, 2.75) is 25.4 Å². The van der Waals surface area contributed by atoms with Crippen LogP contribution in [0.15, 0.2) is 65.8 Å². The fourth-order valence-electron chi connectivity index (χ4n) is 3.59. The standard InChI is InChI=1S/C19H22N2O/c1-14-17(20-22)13-18(15-9-5-3-6-10-15)21(2)19(14)16-11-7-4-8-12-16/h3-12,14,18-19,22H,13H2,1-2H3/b20-17+/t14-,18-,19+/m1/s1. The van der Waals surface area contributed by atoms with Gasteiger partial charge in [-0.15, -0.1) is 0 Å². The first-order valence-corrected chi connectivity index (χ1v) is 7.75. The van der Waals surface area contributed by atoms with Gasteiger partial charge in [0.1, 0.15) is 0 Å². The third-order valence-corrected chi connectivity index (χ3v) is 4.79. The van der Waals surface area contributed by atoms with Gasteiger partial charge in [-0.1, -0.05) is 72.7 Å². The van der Waals surface area contributed by atoms with Gasteiger partial charge in [0.05, 0.1) is 5.71 Å². The number of piperidine rings is 1. The number of oxime groups is 1. The molecule has 0 radical (unpaired) electrons. The fraction of sp³-hybridized carbons (Fsp3) is 0.316. The average Bonchev–Trinajstić information content (AvgIpc) is 2.57. The third-order valence-electron chi connectivity index (χ3n) is 4.79. The lowest BCUT2D eigenvalue weighted by Gasteiger charge is -2.44. The molecule has 114 valence electrons. The monoisotopic (exact) mass is 294 g/mol. The Morgan fingerprint density at radius 2 is 1.50 bits per heavy atom. The summed E-state index contributed by atoms with van der Waals surface area (Å²) in [6.07, 6.45) is 0.765. The molecule has 22 heavy (non-hydrogen) atoms. The second-order valence-corrected chi connectivity index (χ2v) is 6.03. The van der Waals surface area contributed by atoms with Crippen LogP contribution in [0.5, 0.6) is 0 Å². The van der Waals surface area contributed by atoms with Gasteiger partial charge in [-0.3, -0.25) is 4.90 Å². The topological polar surface area (TPSA) is 35.8 Å². The second-order valence-electron chi connectivity index (χ2n) is 6.03. The lowest BCUT2D eigenvalue weighted by atomic mass is 9.80. The highest BCUT2D eigenvalue weighted by atomic mass is 16.4. The van der Waals surface area contributed by atoms with Gasteiger partial charge in [0, 0.05) is 24.4 Å². The number of likely N-dealkylation sites (tertiary alicyclic amines) is 1. The lowest BCUT2D eigenvalue weighted by Crippen LogP contribution is -2.42. The molecule has 2 aromatic carbocycles. The van der Waals surface area contributed by atoms with Crippen LogP contribution in [-0.4, -0.2) is 22.9 Å². The van der Waals surface area contributed by atoms with Crippen molar-refractivity contribution >= 4 is 5.71 Å². The normalized spacial score (nSPS) is 27.9. The Morgan fingerprint density at radius 3 is 2.05 bits per heavy atom. The van der Waals surface area contributed by atoms with E-state index in [2.05, 4.69) is 72.6 Å². The van der Waals surface area contributed by atoms with Crippen molar-refractivity contribution in [1.82, 2.24) is 4.90 Å². The number of hydrogen-bond acceptors (Lipinski definition) is 3. The van der Waals surface area contributed by atoms with Crippen LogP contribution < -0.4 is 0 Å². The summed E-state index contributed by atoms with van der Waals surface area (Å²) in [5.41, 5.74) is 3.40. The summed E-state index contributed by atoms with van der Waals surface area (Å²) in [4.78, 5) is 2.41. The predicted molar refractivity (Wildman–Crippen MR) is 89.1 cm³/mol. The maximum Gasteiger partial charge on any atom is 0.0636 e. The van der Waals surface area contributed by atoms with Gasteiger partial charge in [0.25, 0.3) is 0 Å². The molecule has 3 rings (SSSR count). The lowest BCUT2D eigenvalue weighted by molar-refractivity contribution is 0.128. The minimum atomic E-state index is 0.192. The molecule has 1 heterocycles. The van der Waals surface area contributed by atoms with E-state index in [1.54, 1.807) is 0 Å². The van der Waals surface area contributed by atoms with Crippen LogP contribution in [0.4, 0.5) is 0 Å². The van der Waals surface area contributed by atoms with Crippen molar-refractivity contribution in [2.24, 2.45) is 11.1 Å². The zero-order valence-corrected chi connectivity index (χ0v) is 13.1.